The summed E-state index contributed by atoms with van der Waals surface area (Å²) in [6, 6.07) is 7.82. The zero-order chi connectivity index (χ0) is 13.7. The van der Waals surface area contributed by atoms with Gasteiger partial charge in [0.15, 0.2) is 0 Å². The summed E-state index contributed by atoms with van der Waals surface area (Å²) < 4.78 is 6.71. The van der Waals surface area contributed by atoms with Gasteiger partial charge in [-0.2, -0.15) is 0 Å². The molecule has 0 spiro atoms. The Morgan fingerprint density at radius 3 is 2.47 bits per heavy atom. The van der Waals surface area contributed by atoms with Gasteiger partial charge >= 0.3 is 0 Å². The Morgan fingerprint density at radius 1 is 1.21 bits per heavy atom. The number of aliphatic hydroxyl groups is 1. The minimum absolute atomic E-state index is 0.206. The topological polar surface area (TPSA) is 29.5 Å². The maximum Gasteiger partial charge on any atom is 0.119 e. The van der Waals surface area contributed by atoms with Crippen LogP contribution in [-0.4, -0.2) is 17.8 Å². The monoisotopic (exact) mass is 326 g/mol. The molecular formula is C16H23BrO2. The second-order valence-electron chi connectivity index (χ2n) is 5.68. The summed E-state index contributed by atoms with van der Waals surface area (Å²) in [4.78, 5) is 0. The van der Waals surface area contributed by atoms with Crippen LogP contribution in [0.3, 0.4) is 0 Å². The van der Waals surface area contributed by atoms with Gasteiger partial charge in [0.05, 0.1) is 12.7 Å². The van der Waals surface area contributed by atoms with Crippen molar-refractivity contribution >= 4 is 15.9 Å². The predicted molar refractivity (Wildman–Crippen MR) is 81.4 cm³/mol. The molecule has 3 heteroatoms. The van der Waals surface area contributed by atoms with Gasteiger partial charge in [-0.15, -0.1) is 0 Å². The largest absolute Gasteiger partial charge is 0.493 e. The molecule has 0 aromatic heterocycles. The number of hydrogen-bond acceptors (Lipinski definition) is 2. The lowest BCUT2D eigenvalue weighted by Gasteiger charge is -2.29. The minimum atomic E-state index is -0.206. The van der Waals surface area contributed by atoms with Gasteiger partial charge in [0.1, 0.15) is 5.75 Å². The van der Waals surface area contributed by atoms with E-state index in [9.17, 15) is 5.11 Å². The lowest BCUT2D eigenvalue weighted by Crippen LogP contribution is -2.26. The molecule has 19 heavy (non-hydrogen) atoms. The number of aliphatic hydroxyl groups excluding tert-OH is 1. The molecule has 0 amide bonds. The van der Waals surface area contributed by atoms with Crippen LogP contribution in [0.15, 0.2) is 28.7 Å². The first-order chi connectivity index (χ1) is 9.15. The Labute approximate surface area is 124 Å². The lowest BCUT2D eigenvalue weighted by atomic mass is 9.79. The second kappa shape index (κ2) is 7.30. The van der Waals surface area contributed by atoms with E-state index in [-0.39, 0.29) is 6.10 Å². The van der Waals surface area contributed by atoms with E-state index in [4.69, 9.17) is 4.74 Å². The summed E-state index contributed by atoms with van der Waals surface area (Å²) in [6.07, 6.45) is 5.38. The van der Waals surface area contributed by atoms with Crippen LogP contribution in [0.5, 0.6) is 5.75 Å². The summed E-state index contributed by atoms with van der Waals surface area (Å²) in [5.74, 6) is 2.18. The van der Waals surface area contributed by atoms with Crippen molar-refractivity contribution in [1.82, 2.24) is 0 Å². The van der Waals surface area contributed by atoms with Gasteiger partial charge < -0.3 is 9.84 Å². The molecular weight excluding hydrogens is 304 g/mol. The Balaban J connectivity index is 1.69. The summed E-state index contributed by atoms with van der Waals surface area (Å²) >= 11 is 3.40. The highest BCUT2D eigenvalue weighted by molar-refractivity contribution is 9.10. The van der Waals surface area contributed by atoms with E-state index < -0.39 is 0 Å². The first-order valence-corrected chi connectivity index (χ1v) is 8.01. The van der Waals surface area contributed by atoms with E-state index in [0.717, 1.165) is 22.6 Å². The van der Waals surface area contributed by atoms with E-state index in [0.29, 0.717) is 12.5 Å². The first kappa shape index (κ1) is 14.9. The first-order valence-electron chi connectivity index (χ1n) is 7.21. The number of halogens is 1. The van der Waals surface area contributed by atoms with Gasteiger partial charge in [0.2, 0.25) is 0 Å². The zero-order valence-corrected chi connectivity index (χ0v) is 13.1. The molecule has 1 unspecified atom stereocenters. The van der Waals surface area contributed by atoms with Crippen molar-refractivity contribution in [3.63, 3.8) is 0 Å². The molecule has 2 rings (SSSR count). The molecule has 0 heterocycles. The zero-order valence-electron chi connectivity index (χ0n) is 11.5. The normalized spacial score (nSPS) is 25.0. The van der Waals surface area contributed by atoms with E-state index in [1.54, 1.807) is 0 Å². The molecule has 2 nitrogen and oxygen atoms in total. The van der Waals surface area contributed by atoms with Crippen molar-refractivity contribution in [2.24, 2.45) is 11.8 Å². The number of benzene rings is 1. The van der Waals surface area contributed by atoms with Crippen LogP contribution in [0, 0.1) is 11.8 Å². The Morgan fingerprint density at radius 2 is 1.84 bits per heavy atom. The van der Waals surface area contributed by atoms with Crippen molar-refractivity contribution < 1.29 is 9.84 Å². The molecule has 0 aliphatic heterocycles. The molecule has 106 valence electrons. The Bertz CT molecular complexity index is 369. The fraction of sp³-hybridized carbons (Fsp3) is 0.625. The van der Waals surface area contributed by atoms with E-state index in [2.05, 4.69) is 22.9 Å². The van der Waals surface area contributed by atoms with Crippen LogP contribution in [-0.2, 0) is 0 Å². The van der Waals surface area contributed by atoms with Crippen LogP contribution in [0.25, 0.3) is 0 Å². The predicted octanol–water partition coefficient (Wildman–Crippen LogP) is 4.41. The van der Waals surface area contributed by atoms with E-state index in [1.807, 2.05) is 24.3 Å². The van der Waals surface area contributed by atoms with Crippen molar-refractivity contribution in [2.45, 2.75) is 45.1 Å². The Hall–Kier alpha value is -0.540. The standard InChI is InChI=1S/C16H23BrO2/c1-12-2-4-13(5-3-12)16(18)10-11-19-15-8-6-14(17)7-9-15/h6-9,12-13,16,18H,2-5,10-11H2,1H3. The molecule has 0 radical (unpaired) electrons. The maximum atomic E-state index is 10.2. The maximum absolute atomic E-state index is 10.2. The minimum Gasteiger partial charge on any atom is -0.493 e. The number of rotatable bonds is 5. The molecule has 1 atom stereocenters. The average molecular weight is 327 g/mol. The molecule has 1 saturated carbocycles. The highest BCUT2D eigenvalue weighted by atomic mass is 79.9. The molecule has 0 bridgehead atoms. The van der Waals surface area contributed by atoms with Crippen LogP contribution >= 0.6 is 15.9 Å². The fourth-order valence-electron chi connectivity index (χ4n) is 2.73. The second-order valence-corrected chi connectivity index (χ2v) is 6.59. The molecule has 0 saturated heterocycles. The third-order valence-electron chi connectivity index (χ3n) is 4.10. The quantitative estimate of drug-likeness (QED) is 0.868. The van der Waals surface area contributed by atoms with E-state index in [1.165, 1.54) is 25.7 Å². The highest BCUT2D eigenvalue weighted by Crippen LogP contribution is 2.31. The van der Waals surface area contributed by atoms with Gasteiger partial charge in [-0.1, -0.05) is 35.7 Å². The molecule has 1 aromatic rings. The van der Waals surface area contributed by atoms with Gasteiger partial charge in [-0.3, -0.25) is 0 Å². The molecule has 1 fully saturated rings. The smallest absolute Gasteiger partial charge is 0.119 e. The van der Waals surface area contributed by atoms with Crippen molar-refractivity contribution in [3.8, 4) is 5.75 Å². The third kappa shape index (κ3) is 4.81. The highest BCUT2D eigenvalue weighted by Gasteiger charge is 2.24. The van der Waals surface area contributed by atoms with Crippen LogP contribution in [0.2, 0.25) is 0 Å². The summed E-state index contributed by atoms with van der Waals surface area (Å²) in [6.45, 7) is 2.90. The molecule has 1 aromatic carbocycles. The average Bonchev–Trinajstić information content (AvgIpc) is 2.41. The van der Waals surface area contributed by atoms with Gasteiger partial charge in [0, 0.05) is 10.9 Å². The molecule has 1 N–H and O–H groups in total. The van der Waals surface area contributed by atoms with Gasteiger partial charge in [-0.05, 0) is 48.9 Å². The van der Waals surface area contributed by atoms with Crippen molar-refractivity contribution in [1.29, 1.82) is 0 Å². The number of hydrogen-bond donors (Lipinski definition) is 1. The summed E-state index contributed by atoms with van der Waals surface area (Å²) in [5.41, 5.74) is 0. The van der Waals surface area contributed by atoms with E-state index >= 15 is 0 Å². The summed E-state index contributed by atoms with van der Waals surface area (Å²) in [7, 11) is 0. The number of ether oxygens (including phenoxy) is 1. The molecule has 1 aliphatic rings. The fourth-order valence-corrected chi connectivity index (χ4v) is 3.00. The molecule has 1 aliphatic carbocycles. The van der Waals surface area contributed by atoms with Gasteiger partial charge in [0.25, 0.3) is 0 Å². The van der Waals surface area contributed by atoms with Crippen LogP contribution in [0.1, 0.15) is 39.0 Å². The van der Waals surface area contributed by atoms with Crippen LogP contribution in [0.4, 0.5) is 0 Å². The third-order valence-corrected chi connectivity index (χ3v) is 4.63. The van der Waals surface area contributed by atoms with Crippen molar-refractivity contribution in [2.75, 3.05) is 6.61 Å². The SMILES string of the molecule is CC1CCC(C(O)CCOc2ccc(Br)cc2)CC1. The van der Waals surface area contributed by atoms with Gasteiger partial charge in [-0.25, -0.2) is 0 Å². The summed E-state index contributed by atoms with van der Waals surface area (Å²) in [5, 5.41) is 10.2. The van der Waals surface area contributed by atoms with Crippen molar-refractivity contribution in [3.05, 3.63) is 28.7 Å². The lowest BCUT2D eigenvalue weighted by molar-refractivity contribution is 0.0568. The Kier molecular flexibility index (Phi) is 5.71. The van der Waals surface area contributed by atoms with Crippen LogP contribution < -0.4 is 4.74 Å².